The molecule has 26 heavy (non-hydrogen) atoms. The second-order valence-corrected chi connectivity index (χ2v) is 6.26. The minimum atomic E-state index is 0.169. The fraction of sp³-hybridized carbons (Fsp3) is 0.238. The molecule has 1 aliphatic rings. The summed E-state index contributed by atoms with van der Waals surface area (Å²) in [4.78, 5) is 13.6. The van der Waals surface area contributed by atoms with E-state index in [9.17, 15) is 4.79 Å². The summed E-state index contributed by atoms with van der Waals surface area (Å²) in [5, 5.41) is 7.26. The van der Waals surface area contributed by atoms with E-state index in [1.54, 1.807) is 6.20 Å². The number of benzene rings is 2. The van der Waals surface area contributed by atoms with Crippen LogP contribution in [-0.2, 0) is 11.3 Å². The number of aryl methyl sites for hydroxylation is 1. The molecule has 2 heterocycles. The van der Waals surface area contributed by atoms with Crippen LogP contribution in [0.2, 0.25) is 0 Å². The van der Waals surface area contributed by atoms with Gasteiger partial charge in [-0.1, -0.05) is 48.0 Å². The van der Waals surface area contributed by atoms with Crippen molar-refractivity contribution >= 4 is 5.91 Å². The molecule has 1 saturated heterocycles. The highest BCUT2D eigenvalue weighted by atomic mass is 16.2. The largest absolute Gasteiger partial charge is 0.336 e. The normalized spacial score (nSPS) is 13.9. The van der Waals surface area contributed by atoms with Crippen LogP contribution in [0.15, 0.2) is 73.1 Å². The third kappa shape index (κ3) is 5.04. The van der Waals surface area contributed by atoms with Crippen LogP contribution >= 0.6 is 0 Å². The second-order valence-electron chi connectivity index (χ2n) is 6.26. The molecule has 0 atom stereocenters. The highest BCUT2D eigenvalue weighted by Crippen LogP contribution is 2.11. The fourth-order valence-corrected chi connectivity index (χ4v) is 2.74. The molecule has 134 valence electrons. The number of aromatic nitrogens is 2. The minimum Gasteiger partial charge on any atom is -0.336 e. The van der Waals surface area contributed by atoms with E-state index in [2.05, 4.69) is 29.5 Å². The summed E-state index contributed by atoms with van der Waals surface area (Å²) < 4.78 is 1.82. The number of hydrogen-bond donors (Lipinski definition) is 1. The van der Waals surface area contributed by atoms with Gasteiger partial charge in [-0.2, -0.15) is 5.10 Å². The van der Waals surface area contributed by atoms with Gasteiger partial charge in [0.05, 0.1) is 12.2 Å². The Bertz CT molecular complexity index is 798. The lowest BCUT2D eigenvalue weighted by atomic mass is 10.2. The summed E-state index contributed by atoms with van der Waals surface area (Å²) in [6, 6.07) is 20.3. The summed E-state index contributed by atoms with van der Waals surface area (Å²) in [6.45, 7) is 4.86. The predicted molar refractivity (Wildman–Crippen MR) is 103 cm³/mol. The average molecular weight is 348 g/mol. The van der Waals surface area contributed by atoms with E-state index in [0.717, 1.165) is 24.3 Å². The minimum absolute atomic E-state index is 0.169. The summed E-state index contributed by atoms with van der Waals surface area (Å²) >= 11 is 0. The topological polar surface area (TPSA) is 50.2 Å². The molecule has 0 radical (unpaired) electrons. The molecule has 4 rings (SSSR count). The molecule has 1 aromatic heterocycles. The zero-order valence-electron chi connectivity index (χ0n) is 15.0. The van der Waals surface area contributed by atoms with Crippen LogP contribution in [0.1, 0.15) is 11.1 Å². The van der Waals surface area contributed by atoms with E-state index in [1.807, 2.05) is 64.3 Å². The number of carbonyl (C=O) groups excluding carboxylic acids is 1. The van der Waals surface area contributed by atoms with Crippen LogP contribution in [0.3, 0.4) is 0 Å². The lowest BCUT2D eigenvalue weighted by Crippen LogP contribution is -2.47. The molecule has 3 aromatic rings. The van der Waals surface area contributed by atoms with E-state index in [0.29, 0.717) is 13.1 Å². The Balaban J connectivity index is 0.000000236. The predicted octanol–water partition coefficient (Wildman–Crippen LogP) is 2.80. The number of piperazine rings is 1. The molecule has 0 aliphatic carbocycles. The molecule has 0 unspecified atom stereocenters. The van der Waals surface area contributed by atoms with E-state index in [-0.39, 0.29) is 5.91 Å². The molecule has 5 heteroatoms. The zero-order valence-corrected chi connectivity index (χ0v) is 15.0. The summed E-state index contributed by atoms with van der Waals surface area (Å²) in [6.07, 6.45) is 3.67. The van der Waals surface area contributed by atoms with Crippen molar-refractivity contribution in [2.45, 2.75) is 13.5 Å². The van der Waals surface area contributed by atoms with Gasteiger partial charge in [-0.25, -0.2) is 4.68 Å². The highest BCUT2D eigenvalue weighted by molar-refractivity contribution is 5.79. The maximum Gasteiger partial charge on any atom is 0.236 e. The van der Waals surface area contributed by atoms with Crippen LogP contribution in [0.5, 0.6) is 0 Å². The van der Waals surface area contributed by atoms with Gasteiger partial charge in [0.15, 0.2) is 0 Å². The van der Waals surface area contributed by atoms with Gasteiger partial charge in [0.25, 0.3) is 0 Å². The van der Waals surface area contributed by atoms with Crippen molar-refractivity contribution in [2.75, 3.05) is 19.6 Å². The molecule has 0 saturated carbocycles. The standard InChI is InChI=1S/C14H16N4O.C7H8/c19-14-10-15-7-9-17(14)11-12-2-4-13(5-3-12)18-8-1-6-16-18;1-7-5-3-2-4-6-7/h1-6,8,15H,7,9-11H2;2-6H,1H3. The van der Waals surface area contributed by atoms with Gasteiger partial charge < -0.3 is 10.2 Å². The fourth-order valence-electron chi connectivity index (χ4n) is 2.74. The van der Waals surface area contributed by atoms with Crippen LogP contribution in [-0.4, -0.2) is 40.2 Å². The number of hydrogen-bond acceptors (Lipinski definition) is 3. The highest BCUT2D eigenvalue weighted by Gasteiger charge is 2.17. The van der Waals surface area contributed by atoms with E-state index < -0.39 is 0 Å². The van der Waals surface area contributed by atoms with Crippen LogP contribution in [0.4, 0.5) is 0 Å². The monoisotopic (exact) mass is 348 g/mol. The van der Waals surface area contributed by atoms with Gasteiger partial charge in [0.1, 0.15) is 0 Å². The Kier molecular flexibility index (Phi) is 6.17. The molecule has 1 fully saturated rings. The first-order chi connectivity index (χ1) is 12.7. The molecule has 1 N–H and O–H groups in total. The van der Waals surface area contributed by atoms with E-state index in [4.69, 9.17) is 0 Å². The first-order valence-electron chi connectivity index (χ1n) is 8.81. The quantitative estimate of drug-likeness (QED) is 0.792. The molecule has 5 nitrogen and oxygen atoms in total. The Morgan fingerprint density at radius 3 is 2.38 bits per heavy atom. The van der Waals surface area contributed by atoms with E-state index >= 15 is 0 Å². The van der Waals surface area contributed by atoms with Crippen molar-refractivity contribution in [2.24, 2.45) is 0 Å². The van der Waals surface area contributed by atoms with Gasteiger partial charge in [0, 0.05) is 32.0 Å². The van der Waals surface area contributed by atoms with Crippen LogP contribution in [0, 0.1) is 6.92 Å². The molecule has 0 bridgehead atoms. The molecule has 2 aromatic carbocycles. The van der Waals surface area contributed by atoms with Gasteiger partial charge in [-0.15, -0.1) is 0 Å². The first kappa shape index (κ1) is 17.9. The third-order valence-corrected chi connectivity index (χ3v) is 4.21. The lowest BCUT2D eigenvalue weighted by Gasteiger charge is -2.27. The Morgan fingerprint density at radius 2 is 1.81 bits per heavy atom. The van der Waals surface area contributed by atoms with Crippen molar-refractivity contribution < 1.29 is 4.79 Å². The lowest BCUT2D eigenvalue weighted by molar-refractivity contribution is -0.132. The van der Waals surface area contributed by atoms with Gasteiger partial charge >= 0.3 is 0 Å². The molecular weight excluding hydrogens is 324 g/mol. The van der Waals surface area contributed by atoms with Crippen LogP contribution < -0.4 is 5.32 Å². The van der Waals surface area contributed by atoms with Gasteiger partial charge in [-0.05, 0) is 30.7 Å². The smallest absolute Gasteiger partial charge is 0.236 e. The summed E-state index contributed by atoms with van der Waals surface area (Å²) in [5.74, 6) is 0.169. The number of rotatable bonds is 3. The Morgan fingerprint density at radius 1 is 1.04 bits per heavy atom. The number of nitrogens with zero attached hydrogens (tertiary/aromatic N) is 3. The maximum atomic E-state index is 11.7. The Hall–Kier alpha value is -2.92. The van der Waals surface area contributed by atoms with Crippen molar-refractivity contribution in [1.29, 1.82) is 0 Å². The molecular formula is C21H24N4O. The summed E-state index contributed by atoms with van der Waals surface area (Å²) in [5.41, 5.74) is 3.49. The van der Waals surface area contributed by atoms with Gasteiger partial charge in [-0.3, -0.25) is 4.79 Å². The van der Waals surface area contributed by atoms with Crippen molar-refractivity contribution in [3.8, 4) is 5.69 Å². The van der Waals surface area contributed by atoms with Gasteiger partial charge in [0.2, 0.25) is 5.91 Å². The number of nitrogens with one attached hydrogen (secondary N) is 1. The van der Waals surface area contributed by atoms with Crippen molar-refractivity contribution in [3.05, 3.63) is 84.2 Å². The molecule has 0 spiro atoms. The summed E-state index contributed by atoms with van der Waals surface area (Å²) in [7, 11) is 0. The van der Waals surface area contributed by atoms with Crippen molar-refractivity contribution in [1.82, 2.24) is 20.0 Å². The average Bonchev–Trinajstić information content (AvgIpc) is 3.20. The maximum absolute atomic E-state index is 11.7. The van der Waals surface area contributed by atoms with E-state index in [1.165, 1.54) is 5.56 Å². The zero-order chi connectivity index (χ0) is 18.2. The Labute approximate surface area is 154 Å². The number of amides is 1. The molecule has 1 amide bonds. The second kappa shape index (κ2) is 8.97. The first-order valence-corrected chi connectivity index (χ1v) is 8.81. The van der Waals surface area contributed by atoms with Crippen molar-refractivity contribution in [3.63, 3.8) is 0 Å². The SMILES string of the molecule is Cc1ccccc1.O=C1CNCCN1Cc1ccc(-n2cccn2)cc1. The van der Waals surface area contributed by atoms with Crippen LogP contribution in [0.25, 0.3) is 5.69 Å². The molecule has 1 aliphatic heterocycles. The number of carbonyl (C=O) groups is 1. The third-order valence-electron chi connectivity index (χ3n) is 4.21.